The second-order valence-electron chi connectivity index (χ2n) is 4.43. The van der Waals surface area contributed by atoms with Gasteiger partial charge in [-0.15, -0.1) is 0 Å². The van der Waals surface area contributed by atoms with Crippen LogP contribution in [0.1, 0.15) is 24.3 Å². The highest BCUT2D eigenvalue weighted by molar-refractivity contribution is 5.88. The van der Waals surface area contributed by atoms with Gasteiger partial charge in [-0.05, 0) is 22.8 Å². The molecule has 19 heavy (non-hydrogen) atoms. The molecule has 2 aromatic rings. The summed E-state index contributed by atoms with van der Waals surface area (Å²) in [5, 5.41) is 2.16. The average molecular weight is 256 g/mol. The van der Waals surface area contributed by atoms with Gasteiger partial charge in [-0.3, -0.25) is 4.79 Å². The molecule has 1 atom stereocenters. The van der Waals surface area contributed by atoms with Crippen molar-refractivity contribution in [2.45, 2.75) is 18.8 Å². The van der Waals surface area contributed by atoms with Crippen LogP contribution in [0, 0.1) is 0 Å². The predicted octanol–water partition coefficient (Wildman–Crippen LogP) is 3.08. The van der Waals surface area contributed by atoms with E-state index in [0.29, 0.717) is 6.42 Å². The SMILES string of the molecule is COC(=O)CCC(C=O)c1cccc2ccccc12. The van der Waals surface area contributed by atoms with Crippen LogP contribution in [0.5, 0.6) is 0 Å². The molecule has 0 bridgehead atoms. The van der Waals surface area contributed by atoms with E-state index in [2.05, 4.69) is 4.74 Å². The van der Waals surface area contributed by atoms with E-state index in [9.17, 15) is 9.59 Å². The molecule has 0 spiro atoms. The molecule has 98 valence electrons. The van der Waals surface area contributed by atoms with Gasteiger partial charge in [0.1, 0.15) is 6.29 Å². The van der Waals surface area contributed by atoms with Crippen molar-refractivity contribution in [1.29, 1.82) is 0 Å². The van der Waals surface area contributed by atoms with Gasteiger partial charge in [0, 0.05) is 12.3 Å². The lowest BCUT2D eigenvalue weighted by Gasteiger charge is -2.13. The van der Waals surface area contributed by atoms with Crippen LogP contribution in [0.4, 0.5) is 0 Å². The summed E-state index contributed by atoms with van der Waals surface area (Å²) in [4.78, 5) is 22.5. The minimum Gasteiger partial charge on any atom is -0.469 e. The molecule has 2 rings (SSSR count). The van der Waals surface area contributed by atoms with E-state index < -0.39 is 0 Å². The first-order chi connectivity index (χ1) is 9.26. The van der Waals surface area contributed by atoms with E-state index in [1.807, 2.05) is 42.5 Å². The van der Waals surface area contributed by atoms with Crippen molar-refractivity contribution in [2.24, 2.45) is 0 Å². The third-order valence-electron chi connectivity index (χ3n) is 3.27. The zero-order valence-electron chi connectivity index (χ0n) is 10.8. The maximum absolute atomic E-state index is 11.3. The van der Waals surface area contributed by atoms with Gasteiger partial charge in [0.15, 0.2) is 0 Å². The quantitative estimate of drug-likeness (QED) is 0.610. The van der Waals surface area contributed by atoms with Crippen LogP contribution in [0.2, 0.25) is 0 Å². The molecule has 0 radical (unpaired) electrons. The number of hydrogen-bond acceptors (Lipinski definition) is 3. The van der Waals surface area contributed by atoms with Crippen molar-refractivity contribution in [2.75, 3.05) is 7.11 Å². The number of hydrogen-bond donors (Lipinski definition) is 0. The Balaban J connectivity index is 2.30. The number of benzene rings is 2. The molecule has 0 aromatic heterocycles. The summed E-state index contributed by atoms with van der Waals surface area (Å²) in [6.07, 6.45) is 1.64. The molecule has 0 saturated heterocycles. The second kappa shape index (κ2) is 6.14. The van der Waals surface area contributed by atoms with Gasteiger partial charge in [-0.25, -0.2) is 0 Å². The standard InChI is InChI=1S/C16H16O3/c1-19-16(18)10-9-13(11-17)15-8-4-6-12-5-2-3-7-14(12)15/h2-8,11,13H,9-10H2,1H3. The van der Waals surface area contributed by atoms with Gasteiger partial charge in [0.05, 0.1) is 7.11 Å². The fraction of sp³-hybridized carbons (Fsp3) is 0.250. The summed E-state index contributed by atoms with van der Waals surface area (Å²) in [5.41, 5.74) is 0.969. The molecular formula is C16H16O3. The van der Waals surface area contributed by atoms with Crippen LogP contribution in [0.3, 0.4) is 0 Å². The van der Waals surface area contributed by atoms with Crippen molar-refractivity contribution >= 4 is 23.0 Å². The molecule has 0 fully saturated rings. The first-order valence-electron chi connectivity index (χ1n) is 6.26. The van der Waals surface area contributed by atoms with Gasteiger partial charge in [-0.2, -0.15) is 0 Å². The number of esters is 1. The fourth-order valence-electron chi connectivity index (χ4n) is 2.25. The highest BCUT2D eigenvalue weighted by Crippen LogP contribution is 2.27. The molecule has 0 heterocycles. The van der Waals surface area contributed by atoms with Gasteiger partial charge in [-0.1, -0.05) is 42.5 Å². The van der Waals surface area contributed by atoms with Gasteiger partial charge in [0.2, 0.25) is 0 Å². The Kier molecular flexibility index (Phi) is 4.29. The number of aldehydes is 1. The van der Waals surface area contributed by atoms with Crippen LogP contribution in [-0.4, -0.2) is 19.4 Å². The van der Waals surface area contributed by atoms with Gasteiger partial charge < -0.3 is 9.53 Å². The highest BCUT2D eigenvalue weighted by atomic mass is 16.5. The number of carbonyl (C=O) groups is 2. The summed E-state index contributed by atoms with van der Waals surface area (Å²) in [5.74, 6) is -0.558. The lowest BCUT2D eigenvalue weighted by molar-refractivity contribution is -0.140. The lowest BCUT2D eigenvalue weighted by Crippen LogP contribution is -2.06. The summed E-state index contributed by atoms with van der Waals surface area (Å²) in [6.45, 7) is 0. The molecule has 0 aliphatic heterocycles. The minimum absolute atomic E-state index is 0.253. The van der Waals surface area contributed by atoms with E-state index in [1.54, 1.807) is 0 Å². The van der Waals surface area contributed by atoms with E-state index >= 15 is 0 Å². The molecule has 1 unspecified atom stereocenters. The molecule has 0 aliphatic rings. The summed E-state index contributed by atoms with van der Waals surface area (Å²) in [6, 6.07) is 13.8. The van der Waals surface area contributed by atoms with Crippen LogP contribution < -0.4 is 0 Å². The minimum atomic E-state index is -0.285. The van der Waals surface area contributed by atoms with Crippen molar-refractivity contribution in [3.05, 3.63) is 48.0 Å². The first kappa shape index (κ1) is 13.3. The Morgan fingerprint density at radius 2 is 1.95 bits per heavy atom. The Labute approximate surface area is 112 Å². The topological polar surface area (TPSA) is 43.4 Å². The van der Waals surface area contributed by atoms with Crippen molar-refractivity contribution in [3.8, 4) is 0 Å². The number of carbonyl (C=O) groups excluding carboxylic acids is 2. The summed E-state index contributed by atoms with van der Waals surface area (Å²) < 4.78 is 4.61. The van der Waals surface area contributed by atoms with Crippen LogP contribution in [-0.2, 0) is 14.3 Å². The monoisotopic (exact) mass is 256 g/mol. The third kappa shape index (κ3) is 2.99. The largest absolute Gasteiger partial charge is 0.469 e. The maximum Gasteiger partial charge on any atom is 0.305 e. The predicted molar refractivity (Wildman–Crippen MR) is 74.0 cm³/mol. The normalized spacial score (nSPS) is 12.1. The summed E-state index contributed by atoms with van der Waals surface area (Å²) in [7, 11) is 1.36. The molecule has 0 amide bonds. The second-order valence-corrected chi connectivity index (χ2v) is 4.43. The van der Waals surface area contributed by atoms with E-state index in [0.717, 1.165) is 22.6 Å². The zero-order chi connectivity index (χ0) is 13.7. The summed E-state index contributed by atoms with van der Waals surface area (Å²) >= 11 is 0. The Morgan fingerprint density at radius 3 is 2.68 bits per heavy atom. The number of fused-ring (bicyclic) bond motifs is 1. The Bertz CT molecular complexity index is 584. The molecule has 3 heteroatoms. The third-order valence-corrected chi connectivity index (χ3v) is 3.27. The number of rotatable bonds is 5. The molecule has 0 N–H and O–H groups in total. The molecule has 0 saturated carbocycles. The molecular weight excluding hydrogens is 240 g/mol. The van der Waals surface area contributed by atoms with E-state index in [4.69, 9.17) is 0 Å². The van der Waals surface area contributed by atoms with Crippen molar-refractivity contribution < 1.29 is 14.3 Å². The van der Waals surface area contributed by atoms with Gasteiger partial charge >= 0.3 is 5.97 Å². The van der Waals surface area contributed by atoms with Crippen LogP contribution in [0.15, 0.2) is 42.5 Å². The highest BCUT2D eigenvalue weighted by Gasteiger charge is 2.15. The average Bonchev–Trinajstić information content (AvgIpc) is 2.47. The zero-order valence-corrected chi connectivity index (χ0v) is 10.8. The maximum atomic E-state index is 11.3. The Hall–Kier alpha value is -2.16. The number of methoxy groups -OCH3 is 1. The van der Waals surface area contributed by atoms with Crippen LogP contribution >= 0.6 is 0 Å². The molecule has 0 aliphatic carbocycles. The fourth-order valence-corrected chi connectivity index (χ4v) is 2.25. The number of ether oxygens (including phenoxy) is 1. The smallest absolute Gasteiger partial charge is 0.305 e. The first-order valence-corrected chi connectivity index (χ1v) is 6.26. The van der Waals surface area contributed by atoms with Crippen LogP contribution in [0.25, 0.3) is 10.8 Å². The van der Waals surface area contributed by atoms with E-state index in [1.165, 1.54) is 7.11 Å². The van der Waals surface area contributed by atoms with Gasteiger partial charge in [0.25, 0.3) is 0 Å². The lowest BCUT2D eigenvalue weighted by atomic mass is 9.91. The van der Waals surface area contributed by atoms with E-state index in [-0.39, 0.29) is 18.3 Å². The van der Waals surface area contributed by atoms with Crippen molar-refractivity contribution in [1.82, 2.24) is 0 Å². The van der Waals surface area contributed by atoms with Crippen molar-refractivity contribution in [3.63, 3.8) is 0 Å². The molecule has 2 aromatic carbocycles. The Morgan fingerprint density at radius 1 is 1.21 bits per heavy atom. The molecule has 3 nitrogen and oxygen atoms in total.